The molecule has 194 valence electrons. The van der Waals surface area contributed by atoms with E-state index in [4.69, 9.17) is 20.5 Å². The number of barbiturate groups is 1. The number of carbonyl (C=O) groups excluding carboxylic acids is 3. The largest absolute Gasteiger partial charge is 0.493 e. The summed E-state index contributed by atoms with van der Waals surface area (Å²) in [4.78, 5) is 48.7. The Morgan fingerprint density at radius 1 is 1.03 bits per heavy atom. The fourth-order valence-corrected chi connectivity index (χ4v) is 4.71. The van der Waals surface area contributed by atoms with Gasteiger partial charge in [-0.25, -0.2) is 9.69 Å². The molecule has 0 saturated carbocycles. The molecule has 4 amide bonds. The third-order valence-electron chi connectivity index (χ3n) is 5.21. The number of nitrogens with one attached hydrogen (secondary N) is 1. The monoisotopic (exact) mass is 557 g/mol. The van der Waals surface area contributed by atoms with Crippen molar-refractivity contribution >= 4 is 57.0 Å². The molecule has 38 heavy (non-hydrogen) atoms. The number of imide groups is 2. The lowest BCUT2D eigenvalue weighted by Gasteiger charge is -2.26. The zero-order valence-electron chi connectivity index (χ0n) is 19.3. The Hall–Kier alpha value is -4.75. The zero-order valence-corrected chi connectivity index (χ0v) is 20.9. The highest BCUT2D eigenvalue weighted by atomic mass is 35.5. The zero-order chi connectivity index (χ0) is 27.6. The summed E-state index contributed by atoms with van der Waals surface area (Å²) in [7, 11) is -3.03. The molecule has 4 rings (SSSR count). The highest BCUT2D eigenvalue weighted by Crippen LogP contribution is 2.39. The van der Waals surface area contributed by atoms with Crippen LogP contribution in [0.2, 0.25) is 5.02 Å². The number of nitro benzene ring substituents is 1. The van der Waals surface area contributed by atoms with Crippen molar-refractivity contribution in [3.8, 4) is 11.5 Å². The Kier molecular flexibility index (Phi) is 7.15. The number of nitro groups is 1. The fourth-order valence-electron chi connectivity index (χ4n) is 3.43. The van der Waals surface area contributed by atoms with Crippen LogP contribution >= 0.6 is 11.6 Å². The summed E-state index contributed by atoms with van der Waals surface area (Å²) < 4.78 is 35.7. The van der Waals surface area contributed by atoms with Gasteiger partial charge in [0.15, 0.2) is 5.75 Å². The van der Waals surface area contributed by atoms with Crippen molar-refractivity contribution in [2.75, 3.05) is 12.0 Å². The number of methoxy groups -OCH3 is 1. The molecule has 12 nitrogen and oxygen atoms in total. The SMILES string of the molecule is COc1cc(/C=C2\C(=O)NC(=O)N(c3ccc([N+](=O)[O-])cc3)C2=O)cc(Cl)c1OS(=O)(=O)c1ccccc1. The molecule has 0 unspecified atom stereocenters. The van der Waals surface area contributed by atoms with Crippen LogP contribution in [0, 0.1) is 10.1 Å². The van der Waals surface area contributed by atoms with Gasteiger partial charge in [-0.05, 0) is 48.0 Å². The fraction of sp³-hybridized carbons (Fsp3) is 0.0417. The number of halogens is 1. The van der Waals surface area contributed by atoms with Gasteiger partial charge in [-0.15, -0.1) is 0 Å². The summed E-state index contributed by atoms with van der Waals surface area (Å²) in [6.45, 7) is 0. The summed E-state index contributed by atoms with van der Waals surface area (Å²) in [5.74, 6) is -2.44. The number of hydrogen-bond acceptors (Lipinski definition) is 9. The Morgan fingerprint density at radius 3 is 2.29 bits per heavy atom. The predicted octanol–water partition coefficient (Wildman–Crippen LogP) is 3.69. The maximum absolute atomic E-state index is 13.1. The van der Waals surface area contributed by atoms with Gasteiger partial charge < -0.3 is 8.92 Å². The number of amides is 4. The summed E-state index contributed by atoms with van der Waals surface area (Å²) in [6, 6.07) is 13.4. The van der Waals surface area contributed by atoms with Crippen LogP contribution in [-0.2, 0) is 19.7 Å². The molecule has 1 saturated heterocycles. The van der Waals surface area contributed by atoms with Crippen molar-refractivity contribution in [1.29, 1.82) is 0 Å². The van der Waals surface area contributed by atoms with E-state index in [2.05, 4.69) is 0 Å². The second-order valence-corrected chi connectivity index (χ2v) is 9.57. The third-order valence-corrected chi connectivity index (χ3v) is 6.72. The van der Waals surface area contributed by atoms with Crippen molar-refractivity contribution in [3.05, 3.63) is 93.0 Å². The van der Waals surface area contributed by atoms with Crippen molar-refractivity contribution in [2.24, 2.45) is 0 Å². The van der Waals surface area contributed by atoms with E-state index in [0.29, 0.717) is 4.90 Å². The van der Waals surface area contributed by atoms with Gasteiger partial charge in [0, 0.05) is 12.1 Å². The van der Waals surface area contributed by atoms with Crippen LogP contribution in [0.3, 0.4) is 0 Å². The highest BCUT2D eigenvalue weighted by molar-refractivity contribution is 7.87. The van der Waals surface area contributed by atoms with Crippen LogP contribution in [0.1, 0.15) is 5.56 Å². The molecule has 0 atom stereocenters. The van der Waals surface area contributed by atoms with Crippen LogP contribution in [0.25, 0.3) is 6.08 Å². The minimum absolute atomic E-state index is 0.0121. The van der Waals surface area contributed by atoms with Gasteiger partial charge in [0.2, 0.25) is 5.75 Å². The molecule has 1 N–H and O–H groups in total. The lowest BCUT2D eigenvalue weighted by molar-refractivity contribution is -0.384. The van der Waals surface area contributed by atoms with Gasteiger partial charge in [-0.3, -0.25) is 25.0 Å². The van der Waals surface area contributed by atoms with Gasteiger partial charge in [0.05, 0.1) is 22.7 Å². The first-order chi connectivity index (χ1) is 18.0. The van der Waals surface area contributed by atoms with E-state index in [1.54, 1.807) is 6.07 Å². The van der Waals surface area contributed by atoms with E-state index in [1.165, 1.54) is 55.6 Å². The summed E-state index contributed by atoms with van der Waals surface area (Å²) in [6.07, 6.45) is 1.12. The lowest BCUT2D eigenvalue weighted by atomic mass is 10.1. The van der Waals surface area contributed by atoms with Crippen LogP contribution < -0.4 is 19.1 Å². The number of hydrogen-bond donors (Lipinski definition) is 1. The predicted molar refractivity (Wildman–Crippen MR) is 134 cm³/mol. The second kappa shape index (κ2) is 10.3. The van der Waals surface area contributed by atoms with Crippen molar-refractivity contribution in [1.82, 2.24) is 5.32 Å². The van der Waals surface area contributed by atoms with Crippen LogP contribution in [0.5, 0.6) is 11.5 Å². The topological polar surface area (TPSA) is 162 Å². The minimum Gasteiger partial charge on any atom is -0.493 e. The third kappa shape index (κ3) is 5.19. The van der Waals surface area contributed by atoms with Crippen LogP contribution in [-0.4, -0.2) is 38.3 Å². The van der Waals surface area contributed by atoms with Crippen LogP contribution in [0.15, 0.2) is 77.2 Å². The Morgan fingerprint density at radius 2 is 1.68 bits per heavy atom. The van der Waals surface area contributed by atoms with Crippen molar-refractivity contribution < 1.29 is 36.6 Å². The van der Waals surface area contributed by atoms with E-state index in [-0.39, 0.29) is 38.4 Å². The first kappa shape index (κ1) is 26.3. The molecule has 1 aliphatic rings. The second-order valence-electron chi connectivity index (χ2n) is 7.62. The van der Waals surface area contributed by atoms with Gasteiger partial charge in [-0.2, -0.15) is 8.42 Å². The standard InChI is InChI=1S/C24H16ClN3O9S/c1-36-20-13-14(12-19(25)21(20)37-38(34,35)17-5-3-2-4-6-17)11-18-22(29)26-24(31)27(23(18)30)15-7-9-16(10-8-15)28(32)33/h2-13H,1H3,(H,26,29,31)/b18-11+. The van der Waals surface area contributed by atoms with Crippen molar-refractivity contribution in [3.63, 3.8) is 0 Å². The van der Waals surface area contributed by atoms with Gasteiger partial charge >= 0.3 is 16.1 Å². The average molecular weight is 558 g/mol. The molecule has 14 heteroatoms. The van der Waals surface area contributed by atoms with Gasteiger partial charge in [-0.1, -0.05) is 29.8 Å². The molecule has 1 fully saturated rings. The number of carbonyl (C=O) groups is 3. The van der Waals surface area contributed by atoms with E-state index < -0.39 is 38.5 Å². The number of anilines is 1. The quantitative estimate of drug-likeness (QED) is 0.150. The first-order valence-corrected chi connectivity index (χ1v) is 12.3. The Labute approximate surface area is 220 Å². The minimum atomic E-state index is -4.26. The maximum atomic E-state index is 13.1. The number of urea groups is 1. The number of ether oxygens (including phenoxy) is 1. The lowest BCUT2D eigenvalue weighted by Crippen LogP contribution is -2.54. The smallest absolute Gasteiger partial charge is 0.339 e. The van der Waals surface area contributed by atoms with Gasteiger partial charge in [0.1, 0.15) is 10.5 Å². The molecule has 3 aromatic carbocycles. The molecule has 0 spiro atoms. The summed E-state index contributed by atoms with van der Waals surface area (Å²) >= 11 is 6.28. The van der Waals surface area contributed by atoms with Crippen LogP contribution in [0.4, 0.5) is 16.2 Å². The molecule has 0 aliphatic carbocycles. The first-order valence-electron chi connectivity index (χ1n) is 10.5. The average Bonchev–Trinajstić information content (AvgIpc) is 2.88. The van der Waals surface area contributed by atoms with E-state index >= 15 is 0 Å². The molecule has 1 aliphatic heterocycles. The summed E-state index contributed by atoms with van der Waals surface area (Å²) in [5, 5.41) is 12.7. The Bertz CT molecular complexity index is 1610. The van der Waals surface area contributed by atoms with E-state index in [9.17, 15) is 32.9 Å². The molecule has 1 heterocycles. The maximum Gasteiger partial charge on any atom is 0.339 e. The molecular weight excluding hydrogens is 542 g/mol. The van der Waals surface area contributed by atoms with Crippen molar-refractivity contribution in [2.45, 2.75) is 4.90 Å². The Balaban J connectivity index is 1.69. The van der Waals surface area contributed by atoms with E-state index in [1.807, 2.05) is 5.32 Å². The molecule has 3 aromatic rings. The normalized spacial score (nSPS) is 14.8. The molecular formula is C24H16ClN3O9S. The number of rotatable bonds is 7. The molecule has 0 aromatic heterocycles. The number of benzene rings is 3. The highest BCUT2D eigenvalue weighted by Gasteiger charge is 2.37. The summed E-state index contributed by atoms with van der Waals surface area (Å²) in [5.41, 5.74) is -0.592. The number of non-ortho nitro benzene ring substituents is 1. The van der Waals surface area contributed by atoms with E-state index in [0.717, 1.165) is 18.2 Å². The van der Waals surface area contributed by atoms with Gasteiger partial charge in [0.25, 0.3) is 17.5 Å². The molecule has 0 radical (unpaired) electrons. The number of nitrogens with zero attached hydrogens (tertiary/aromatic N) is 2. The molecule has 0 bridgehead atoms.